The van der Waals surface area contributed by atoms with Crippen LogP contribution in [-0.2, 0) is 19.6 Å². The molecule has 1 unspecified atom stereocenters. The molecule has 6 nitrogen and oxygen atoms in total. The highest BCUT2D eigenvalue weighted by Crippen LogP contribution is 2.36. The van der Waals surface area contributed by atoms with E-state index < -0.39 is 6.10 Å². The molecule has 3 aromatic heterocycles. The Balaban J connectivity index is 1.31. The van der Waals surface area contributed by atoms with E-state index in [-0.39, 0.29) is 6.61 Å². The molecule has 0 amide bonds. The molecule has 0 saturated carbocycles. The summed E-state index contributed by atoms with van der Waals surface area (Å²) in [6.45, 7) is 5.14. The smallest absolute Gasteiger partial charge is 0.129 e. The van der Waals surface area contributed by atoms with Gasteiger partial charge in [-0.2, -0.15) is 0 Å². The van der Waals surface area contributed by atoms with Gasteiger partial charge in [0.1, 0.15) is 18.5 Å². The van der Waals surface area contributed by atoms with Gasteiger partial charge >= 0.3 is 0 Å². The molecule has 1 N–H and O–H groups in total. The summed E-state index contributed by atoms with van der Waals surface area (Å²) in [6.07, 6.45) is 9.19. The fraction of sp³-hybridized carbons (Fsp3) is 0.353. The van der Waals surface area contributed by atoms with Gasteiger partial charge in [-0.05, 0) is 48.9 Å². The van der Waals surface area contributed by atoms with Crippen LogP contribution in [0.25, 0.3) is 21.8 Å². The van der Waals surface area contributed by atoms with Gasteiger partial charge in [-0.15, -0.1) is 0 Å². The number of hydrogen-bond donors (Lipinski definition) is 1. The van der Waals surface area contributed by atoms with Crippen molar-refractivity contribution in [3.63, 3.8) is 0 Å². The van der Waals surface area contributed by atoms with Crippen molar-refractivity contribution in [1.82, 2.24) is 19.4 Å². The topological polar surface area (TPSA) is 63.4 Å². The summed E-state index contributed by atoms with van der Waals surface area (Å²) in [6, 6.07) is 26.7. The van der Waals surface area contributed by atoms with Crippen molar-refractivity contribution in [2.45, 2.75) is 64.8 Å². The Bertz CT molecular complexity index is 1430. The number of ether oxygens (including phenoxy) is 1. The zero-order chi connectivity index (χ0) is 27.6. The molecule has 0 spiro atoms. The monoisotopic (exact) mass is 536 g/mol. The number of fused-ring (bicyclic) bond motifs is 3. The summed E-state index contributed by atoms with van der Waals surface area (Å²) in [5.74, 6) is 0.818. The summed E-state index contributed by atoms with van der Waals surface area (Å²) in [5, 5.41) is 13.4. The first kappa shape index (κ1) is 27.8. The van der Waals surface area contributed by atoms with Crippen LogP contribution in [0.2, 0.25) is 0 Å². The third kappa shape index (κ3) is 7.06. The van der Waals surface area contributed by atoms with E-state index in [0.29, 0.717) is 19.6 Å². The van der Waals surface area contributed by atoms with Gasteiger partial charge in [-0.3, -0.25) is 14.9 Å². The Kier molecular flexibility index (Phi) is 9.77. The molecule has 1 atom stereocenters. The Morgan fingerprint density at radius 3 is 2.15 bits per heavy atom. The minimum Gasteiger partial charge on any atom is -0.490 e. The number of benzene rings is 2. The van der Waals surface area contributed by atoms with Crippen molar-refractivity contribution in [3.05, 3.63) is 103 Å². The quantitative estimate of drug-likeness (QED) is 0.146. The van der Waals surface area contributed by atoms with Gasteiger partial charge in [0.15, 0.2) is 0 Å². The fourth-order valence-electron chi connectivity index (χ4n) is 5.46. The number of aliphatic hydroxyl groups is 1. The second kappa shape index (κ2) is 14.1. The lowest BCUT2D eigenvalue weighted by atomic mass is 10.1. The number of aliphatic hydroxyl groups excluding tert-OH is 1. The zero-order valence-corrected chi connectivity index (χ0v) is 23.5. The summed E-state index contributed by atoms with van der Waals surface area (Å²) >= 11 is 0. The molecule has 0 bridgehead atoms. The third-order valence-electron chi connectivity index (χ3n) is 7.37. The van der Waals surface area contributed by atoms with Crippen molar-refractivity contribution in [1.29, 1.82) is 0 Å². The van der Waals surface area contributed by atoms with Crippen LogP contribution in [0, 0.1) is 0 Å². The number of nitrogens with zero attached hydrogens (tertiary/aromatic N) is 4. The molecule has 2 aromatic carbocycles. The van der Waals surface area contributed by atoms with Crippen LogP contribution in [0.1, 0.15) is 50.4 Å². The second-order valence-corrected chi connectivity index (χ2v) is 10.5. The molecular formula is C34H40N4O2. The zero-order valence-electron chi connectivity index (χ0n) is 23.5. The normalized spacial score (nSPS) is 12.4. The molecule has 0 fully saturated rings. The van der Waals surface area contributed by atoms with Crippen molar-refractivity contribution in [2.24, 2.45) is 0 Å². The highest BCUT2D eigenvalue weighted by molar-refractivity contribution is 6.11. The van der Waals surface area contributed by atoms with Crippen molar-refractivity contribution in [2.75, 3.05) is 13.2 Å². The van der Waals surface area contributed by atoms with E-state index in [1.165, 1.54) is 48.5 Å². The Morgan fingerprint density at radius 1 is 0.775 bits per heavy atom. The van der Waals surface area contributed by atoms with Gasteiger partial charge in [0.2, 0.25) is 0 Å². The van der Waals surface area contributed by atoms with Crippen LogP contribution in [0.3, 0.4) is 0 Å². The molecular weight excluding hydrogens is 496 g/mol. The molecule has 208 valence electrons. The average molecular weight is 537 g/mol. The van der Waals surface area contributed by atoms with Crippen LogP contribution < -0.4 is 4.74 Å². The predicted molar refractivity (Wildman–Crippen MR) is 162 cm³/mol. The number of para-hydroxylation sites is 1. The number of unbranched alkanes of at least 4 members (excludes halogenated alkanes) is 4. The lowest BCUT2D eigenvalue weighted by molar-refractivity contribution is 0.0625. The van der Waals surface area contributed by atoms with Gasteiger partial charge in [0.05, 0.1) is 16.9 Å². The number of hydrogen-bond acceptors (Lipinski definition) is 5. The maximum atomic E-state index is 11.1. The number of pyridine rings is 2. The van der Waals surface area contributed by atoms with Crippen molar-refractivity contribution < 1.29 is 9.84 Å². The van der Waals surface area contributed by atoms with E-state index in [2.05, 4.69) is 62.8 Å². The minimum absolute atomic E-state index is 0.205. The van der Waals surface area contributed by atoms with Crippen molar-refractivity contribution >= 4 is 21.8 Å². The number of aryl methyl sites for hydroxylation is 1. The maximum absolute atomic E-state index is 11.1. The molecule has 0 aliphatic heterocycles. The molecule has 0 aliphatic rings. The average Bonchev–Trinajstić information content (AvgIpc) is 3.31. The highest BCUT2D eigenvalue weighted by Gasteiger charge is 2.18. The van der Waals surface area contributed by atoms with Gasteiger partial charge in [-0.25, -0.2) is 0 Å². The largest absolute Gasteiger partial charge is 0.490 e. The summed E-state index contributed by atoms with van der Waals surface area (Å²) in [7, 11) is 0. The summed E-state index contributed by atoms with van der Waals surface area (Å²) in [5.41, 5.74) is 4.34. The fourth-order valence-corrected chi connectivity index (χ4v) is 5.46. The van der Waals surface area contributed by atoms with Gasteiger partial charge < -0.3 is 14.4 Å². The lowest BCUT2D eigenvalue weighted by Crippen LogP contribution is -2.35. The van der Waals surface area contributed by atoms with Crippen LogP contribution in [0.5, 0.6) is 5.75 Å². The van der Waals surface area contributed by atoms with E-state index >= 15 is 0 Å². The van der Waals surface area contributed by atoms with E-state index in [1.807, 2.05) is 42.5 Å². The Labute approximate surface area is 237 Å². The first-order valence-electron chi connectivity index (χ1n) is 14.6. The highest BCUT2D eigenvalue weighted by atomic mass is 16.5. The minimum atomic E-state index is -0.672. The number of rotatable bonds is 15. The van der Waals surface area contributed by atoms with E-state index in [1.54, 1.807) is 12.4 Å². The van der Waals surface area contributed by atoms with Crippen molar-refractivity contribution in [3.8, 4) is 5.75 Å². The molecule has 40 heavy (non-hydrogen) atoms. The third-order valence-corrected chi connectivity index (χ3v) is 7.37. The van der Waals surface area contributed by atoms with E-state index in [0.717, 1.165) is 29.1 Å². The Morgan fingerprint density at radius 2 is 1.45 bits per heavy atom. The molecule has 0 radical (unpaired) electrons. The first-order chi connectivity index (χ1) is 19.7. The van der Waals surface area contributed by atoms with E-state index in [4.69, 9.17) is 4.74 Å². The molecule has 5 aromatic rings. The second-order valence-electron chi connectivity index (χ2n) is 10.5. The SMILES string of the molecule is CCCCCCCn1c2ccccc2c2c(OCC(O)CN(Cc3ccccn3)Cc3ccccn3)cccc21. The van der Waals surface area contributed by atoms with Gasteiger partial charge in [-0.1, -0.05) is 69.0 Å². The lowest BCUT2D eigenvalue weighted by Gasteiger charge is -2.24. The molecule has 0 saturated heterocycles. The van der Waals surface area contributed by atoms with Gasteiger partial charge in [0, 0.05) is 54.9 Å². The van der Waals surface area contributed by atoms with E-state index in [9.17, 15) is 5.11 Å². The first-order valence-corrected chi connectivity index (χ1v) is 14.6. The van der Waals surface area contributed by atoms with Crippen LogP contribution in [-0.4, -0.2) is 43.8 Å². The standard InChI is InChI=1S/C34H40N4O2/c1-2-3-4-5-12-22-38-31-17-7-6-16-30(31)34-32(38)18-13-19-33(34)40-26-29(39)25-37(23-27-14-8-10-20-35-27)24-28-15-9-11-21-36-28/h6-11,13-21,29,39H,2-5,12,22-26H2,1H3. The summed E-state index contributed by atoms with van der Waals surface area (Å²) in [4.78, 5) is 11.1. The maximum Gasteiger partial charge on any atom is 0.129 e. The van der Waals surface area contributed by atoms with Crippen LogP contribution in [0.15, 0.2) is 91.3 Å². The molecule has 6 heteroatoms. The van der Waals surface area contributed by atoms with Crippen LogP contribution in [0.4, 0.5) is 0 Å². The summed E-state index contributed by atoms with van der Waals surface area (Å²) < 4.78 is 8.77. The number of aromatic nitrogens is 3. The predicted octanol–water partition coefficient (Wildman–Crippen LogP) is 7.00. The Hall–Kier alpha value is -3.74. The van der Waals surface area contributed by atoms with Gasteiger partial charge in [0.25, 0.3) is 0 Å². The molecule has 3 heterocycles. The molecule has 0 aliphatic carbocycles. The van der Waals surface area contributed by atoms with Crippen LogP contribution >= 0.6 is 0 Å². The molecule has 5 rings (SSSR count).